The van der Waals surface area contributed by atoms with Crippen molar-refractivity contribution in [3.05, 3.63) is 45.0 Å². The third-order valence-electron chi connectivity index (χ3n) is 3.63. The molecule has 0 saturated heterocycles. The number of nitro groups is 1. The Morgan fingerprint density at radius 2 is 2.05 bits per heavy atom. The number of aromatic nitrogens is 1. The average Bonchev–Trinajstić information content (AvgIpc) is 2.92. The molecular formula is C14H16N3O3PS. The summed E-state index contributed by atoms with van der Waals surface area (Å²) in [5.41, 5.74) is 1.23. The summed E-state index contributed by atoms with van der Waals surface area (Å²) in [7, 11) is -2.99. The molecule has 1 atom stereocenters. The number of para-hydroxylation sites is 2. The maximum atomic E-state index is 13.0. The van der Waals surface area contributed by atoms with Crippen molar-refractivity contribution in [1.29, 1.82) is 0 Å². The number of rotatable bonds is 4. The molecule has 6 nitrogen and oxygen atoms in total. The minimum atomic E-state index is -2.99. The fraction of sp³-hybridized carbons (Fsp3) is 0.357. The van der Waals surface area contributed by atoms with Gasteiger partial charge in [-0.3, -0.25) is 14.7 Å². The third-order valence-corrected chi connectivity index (χ3v) is 7.41. The minimum Gasteiger partial charge on any atom is -0.326 e. The Kier molecular flexibility index (Phi) is 4.02. The normalized spacial score (nSPS) is 16.6. The first-order valence-electron chi connectivity index (χ1n) is 7.06. The van der Waals surface area contributed by atoms with Crippen LogP contribution in [0.25, 0.3) is 0 Å². The Hall–Kier alpha value is -1.72. The van der Waals surface area contributed by atoms with E-state index in [4.69, 9.17) is 0 Å². The number of anilines is 1. The number of thiazole rings is 1. The lowest BCUT2D eigenvalue weighted by Crippen LogP contribution is -2.11. The molecule has 8 heteroatoms. The summed E-state index contributed by atoms with van der Waals surface area (Å²) < 4.78 is 13.5. The number of nitro benzene ring substituents is 1. The van der Waals surface area contributed by atoms with Crippen LogP contribution in [0, 0.1) is 10.1 Å². The van der Waals surface area contributed by atoms with Gasteiger partial charge in [0.15, 0.2) is 4.75 Å². The second kappa shape index (κ2) is 5.82. The van der Waals surface area contributed by atoms with E-state index < -0.39 is 12.2 Å². The average molecular weight is 337 g/mol. The molecule has 0 aliphatic heterocycles. The van der Waals surface area contributed by atoms with E-state index in [-0.39, 0.29) is 11.4 Å². The van der Waals surface area contributed by atoms with Crippen LogP contribution >= 0.6 is 18.6 Å². The Morgan fingerprint density at radius 3 is 2.77 bits per heavy atom. The zero-order chi connectivity index (χ0) is 15.7. The molecule has 2 aromatic rings. The molecule has 3 rings (SSSR count). The molecule has 1 unspecified atom stereocenters. The van der Waals surface area contributed by atoms with E-state index in [2.05, 4.69) is 10.1 Å². The molecule has 1 heterocycles. The molecule has 0 spiro atoms. The van der Waals surface area contributed by atoms with Crippen LogP contribution in [0.5, 0.6) is 0 Å². The van der Waals surface area contributed by atoms with Crippen molar-refractivity contribution in [2.24, 2.45) is 0 Å². The SMILES string of the molecule is CP(=O)(Nc1ccccc1[N+](=O)[O-])c1nc2c(s1)CCCC2. The zero-order valence-corrected chi connectivity index (χ0v) is 13.8. The molecule has 1 N–H and O–H groups in total. The molecule has 22 heavy (non-hydrogen) atoms. The lowest BCUT2D eigenvalue weighted by molar-refractivity contribution is -0.383. The van der Waals surface area contributed by atoms with Crippen molar-refractivity contribution < 1.29 is 9.49 Å². The summed E-state index contributed by atoms with van der Waals surface area (Å²) >= 11 is 1.47. The largest absolute Gasteiger partial charge is 0.326 e. The van der Waals surface area contributed by atoms with E-state index >= 15 is 0 Å². The van der Waals surface area contributed by atoms with Crippen molar-refractivity contribution >= 4 is 34.8 Å². The fourth-order valence-electron chi connectivity index (χ4n) is 2.53. The van der Waals surface area contributed by atoms with E-state index in [0.717, 1.165) is 31.4 Å². The molecule has 0 fully saturated rings. The van der Waals surface area contributed by atoms with Crippen LogP contribution in [0.15, 0.2) is 24.3 Å². The van der Waals surface area contributed by atoms with E-state index in [1.807, 2.05) is 0 Å². The molecule has 1 aromatic heterocycles. The van der Waals surface area contributed by atoms with Crippen molar-refractivity contribution in [2.75, 3.05) is 11.8 Å². The van der Waals surface area contributed by atoms with Crippen LogP contribution in [0.1, 0.15) is 23.4 Å². The maximum Gasteiger partial charge on any atom is 0.292 e. The number of aryl methyl sites for hydroxylation is 2. The van der Waals surface area contributed by atoms with Crippen LogP contribution in [0.4, 0.5) is 11.4 Å². The van der Waals surface area contributed by atoms with Gasteiger partial charge in [0.05, 0.1) is 10.6 Å². The van der Waals surface area contributed by atoms with Gasteiger partial charge in [-0.1, -0.05) is 12.1 Å². The second-order valence-corrected chi connectivity index (χ2v) is 9.27. The standard InChI is InChI=1S/C14H16N3O3PS/c1-21(20,14-15-11-7-3-5-9-13(11)22-14)16-10-6-2-4-8-12(10)17(18)19/h2,4,6,8H,3,5,7,9H2,1H3,(H,16,20). The number of hydrogen-bond donors (Lipinski definition) is 1. The summed E-state index contributed by atoms with van der Waals surface area (Å²) in [4.78, 5) is 16.3. The zero-order valence-electron chi connectivity index (χ0n) is 12.1. The smallest absolute Gasteiger partial charge is 0.292 e. The minimum absolute atomic E-state index is 0.0779. The van der Waals surface area contributed by atoms with E-state index in [0.29, 0.717) is 4.75 Å². The summed E-state index contributed by atoms with van der Waals surface area (Å²) in [6.07, 6.45) is 4.16. The van der Waals surface area contributed by atoms with Crippen molar-refractivity contribution in [3.8, 4) is 0 Å². The van der Waals surface area contributed by atoms with Gasteiger partial charge < -0.3 is 5.09 Å². The van der Waals surface area contributed by atoms with Gasteiger partial charge in [-0.05, 0) is 31.7 Å². The van der Waals surface area contributed by atoms with Crippen LogP contribution in [0.3, 0.4) is 0 Å². The van der Waals surface area contributed by atoms with Gasteiger partial charge in [0, 0.05) is 17.6 Å². The Balaban J connectivity index is 1.92. The first kappa shape index (κ1) is 15.2. The van der Waals surface area contributed by atoms with Crippen LogP contribution < -0.4 is 9.84 Å². The van der Waals surface area contributed by atoms with Crippen molar-refractivity contribution in [2.45, 2.75) is 25.7 Å². The van der Waals surface area contributed by atoms with E-state index in [9.17, 15) is 14.7 Å². The maximum absolute atomic E-state index is 13.0. The highest BCUT2D eigenvalue weighted by molar-refractivity contribution is 7.77. The molecule has 1 aromatic carbocycles. The molecule has 0 amide bonds. The van der Waals surface area contributed by atoms with Gasteiger partial charge in [-0.15, -0.1) is 11.3 Å². The Labute approximate surface area is 132 Å². The summed E-state index contributed by atoms with van der Waals surface area (Å²) in [5.74, 6) is 0. The summed E-state index contributed by atoms with van der Waals surface area (Å²) in [6.45, 7) is 1.58. The highest BCUT2D eigenvalue weighted by Crippen LogP contribution is 2.44. The first-order chi connectivity index (χ1) is 10.5. The van der Waals surface area contributed by atoms with Crippen LogP contribution in [-0.2, 0) is 17.4 Å². The molecular weight excluding hydrogens is 321 g/mol. The van der Waals surface area contributed by atoms with Gasteiger partial charge in [0.25, 0.3) is 5.69 Å². The number of nitrogens with one attached hydrogen (secondary N) is 1. The molecule has 0 saturated carbocycles. The highest BCUT2D eigenvalue weighted by Gasteiger charge is 2.28. The molecule has 1 aliphatic rings. The van der Waals surface area contributed by atoms with Gasteiger partial charge in [-0.25, -0.2) is 4.98 Å². The highest BCUT2D eigenvalue weighted by atomic mass is 32.1. The predicted molar refractivity (Wildman–Crippen MR) is 88.6 cm³/mol. The van der Waals surface area contributed by atoms with Crippen LogP contribution in [0.2, 0.25) is 0 Å². The van der Waals surface area contributed by atoms with E-state index in [1.165, 1.54) is 22.3 Å². The van der Waals surface area contributed by atoms with Crippen LogP contribution in [-0.4, -0.2) is 16.6 Å². The molecule has 1 aliphatic carbocycles. The molecule has 0 radical (unpaired) electrons. The number of benzene rings is 1. The number of fused-ring (bicyclic) bond motifs is 1. The third kappa shape index (κ3) is 2.91. The van der Waals surface area contributed by atoms with Gasteiger partial charge in [0.2, 0.25) is 7.29 Å². The topological polar surface area (TPSA) is 85.1 Å². The summed E-state index contributed by atoms with van der Waals surface area (Å²) in [5, 5.41) is 13.9. The summed E-state index contributed by atoms with van der Waals surface area (Å²) in [6, 6.07) is 6.24. The Bertz CT molecular complexity index is 751. The monoisotopic (exact) mass is 337 g/mol. The second-order valence-electron chi connectivity index (χ2n) is 5.38. The first-order valence-corrected chi connectivity index (χ1v) is 10.0. The molecule has 116 valence electrons. The number of nitrogens with zero attached hydrogens (tertiary/aromatic N) is 2. The van der Waals surface area contributed by atoms with Gasteiger partial charge in [0.1, 0.15) is 5.69 Å². The van der Waals surface area contributed by atoms with Crippen molar-refractivity contribution in [3.63, 3.8) is 0 Å². The van der Waals surface area contributed by atoms with Gasteiger partial charge >= 0.3 is 0 Å². The molecule has 0 bridgehead atoms. The lowest BCUT2D eigenvalue weighted by Gasteiger charge is -2.13. The quantitative estimate of drug-likeness (QED) is 0.524. The fourth-order valence-corrected chi connectivity index (χ4v) is 5.63. The predicted octanol–water partition coefficient (Wildman–Crippen LogP) is 3.58. The number of hydrogen-bond acceptors (Lipinski definition) is 5. The lowest BCUT2D eigenvalue weighted by atomic mass is 10.0. The van der Waals surface area contributed by atoms with Crippen molar-refractivity contribution in [1.82, 2.24) is 4.98 Å². The Morgan fingerprint density at radius 1 is 1.32 bits per heavy atom. The van der Waals surface area contributed by atoms with Gasteiger partial charge in [-0.2, -0.15) is 0 Å². The van der Waals surface area contributed by atoms with E-state index in [1.54, 1.807) is 24.9 Å².